The predicted molar refractivity (Wildman–Crippen MR) is 74.9 cm³/mol. The average molecular weight is 298 g/mol. The molecule has 0 aromatic heterocycles. The van der Waals surface area contributed by atoms with Crippen molar-refractivity contribution in [2.75, 3.05) is 13.1 Å². The molecule has 1 saturated carbocycles. The fourth-order valence-corrected chi connectivity index (χ4v) is 2.09. The quantitative estimate of drug-likeness (QED) is 0.753. The summed E-state index contributed by atoms with van der Waals surface area (Å²) in [6, 6.07) is 3.34. The first-order valence-corrected chi connectivity index (χ1v) is 7.12. The molecule has 1 aliphatic rings. The zero-order valence-electron chi connectivity index (χ0n) is 11.9. The van der Waals surface area contributed by atoms with Crippen LogP contribution in [0.1, 0.15) is 31.2 Å². The minimum Gasteiger partial charge on any atom is -0.391 e. The van der Waals surface area contributed by atoms with Gasteiger partial charge in [0.1, 0.15) is 0 Å². The average Bonchev–Trinajstić information content (AvgIpc) is 3.29. The molecule has 1 fully saturated rings. The highest BCUT2D eigenvalue weighted by atomic mass is 19.2. The highest BCUT2D eigenvalue weighted by molar-refractivity contribution is 5.73. The highest BCUT2D eigenvalue weighted by Crippen LogP contribution is 2.32. The van der Waals surface area contributed by atoms with Crippen LogP contribution in [-0.4, -0.2) is 30.3 Å². The third-order valence-electron chi connectivity index (χ3n) is 3.72. The first-order valence-electron chi connectivity index (χ1n) is 7.12. The lowest BCUT2D eigenvalue weighted by atomic mass is 10.0. The Bertz CT molecular complexity index is 506. The van der Waals surface area contributed by atoms with Gasteiger partial charge in [-0.2, -0.15) is 0 Å². The van der Waals surface area contributed by atoms with Gasteiger partial charge in [-0.1, -0.05) is 13.0 Å². The van der Waals surface area contributed by atoms with Crippen molar-refractivity contribution in [3.63, 3.8) is 0 Å². The van der Waals surface area contributed by atoms with Crippen LogP contribution in [0.5, 0.6) is 0 Å². The normalized spacial score (nSPS) is 17.1. The molecule has 0 unspecified atom stereocenters. The molecule has 0 aliphatic heterocycles. The summed E-state index contributed by atoms with van der Waals surface area (Å²) in [4.78, 5) is 11.6. The van der Waals surface area contributed by atoms with Gasteiger partial charge in [0.15, 0.2) is 11.6 Å². The summed E-state index contributed by atoms with van der Waals surface area (Å²) in [6.07, 6.45) is 1.54. The van der Waals surface area contributed by atoms with Crippen LogP contribution in [0.25, 0.3) is 0 Å². The van der Waals surface area contributed by atoms with Gasteiger partial charge in [-0.25, -0.2) is 13.6 Å². The Morgan fingerprint density at radius 3 is 2.57 bits per heavy atom. The Labute approximate surface area is 122 Å². The number of rotatable bonds is 6. The van der Waals surface area contributed by atoms with Gasteiger partial charge in [0.2, 0.25) is 0 Å². The number of carbonyl (C=O) groups excluding carboxylic acids is 1. The van der Waals surface area contributed by atoms with E-state index in [1.165, 1.54) is 6.07 Å². The number of halogens is 2. The summed E-state index contributed by atoms with van der Waals surface area (Å²) in [5.74, 6) is -1.60. The molecule has 116 valence electrons. The molecule has 0 radical (unpaired) electrons. The van der Waals surface area contributed by atoms with E-state index in [0.29, 0.717) is 18.0 Å². The fraction of sp³-hybridized carbons (Fsp3) is 0.533. The Balaban J connectivity index is 1.73. The molecular weight excluding hydrogens is 278 g/mol. The van der Waals surface area contributed by atoms with Crippen LogP contribution in [0, 0.1) is 17.6 Å². The molecule has 4 nitrogen and oxygen atoms in total. The van der Waals surface area contributed by atoms with Crippen LogP contribution in [-0.2, 0) is 0 Å². The second-order valence-corrected chi connectivity index (χ2v) is 5.57. The number of aliphatic hydroxyl groups excluding tert-OH is 1. The number of urea groups is 1. The van der Waals surface area contributed by atoms with Gasteiger partial charge in [0, 0.05) is 13.1 Å². The molecular formula is C15H20F2N2O2. The van der Waals surface area contributed by atoms with Crippen molar-refractivity contribution in [3.05, 3.63) is 35.4 Å². The smallest absolute Gasteiger partial charge is 0.314 e. The van der Waals surface area contributed by atoms with E-state index in [9.17, 15) is 18.7 Å². The second kappa shape index (κ2) is 6.85. The second-order valence-electron chi connectivity index (χ2n) is 5.57. The zero-order chi connectivity index (χ0) is 15.4. The lowest BCUT2D eigenvalue weighted by Crippen LogP contribution is -2.41. The van der Waals surface area contributed by atoms with E-state index in [-0.39, 0.29) is 18.5 Å². The van der Waals surface area contributed by atoms with Crippen LogP contribution < -0.4 is 10.6 Å². The first-order chi connectivity index (χ1) is 9.97. The van der Waals surface area contributed by atoms with Crippen LogP contribution in [0.4, 0.5) is 13.6 Å². The third-order valence-corrected chi connectivity index (χ3v) is 3.72. The molecule has 0 heterocycles. The van der Waals surface area contributed by atoms with E-state index in [0.717, 1.165) is 25.0 Å². The van der Waals surface area contributed by atoms with E-state index >= 15 is 0 Å². The number of hydrogen-bond donors (Lipinski definition) is 3. The van der Waals surface area contributed by atoms with Crippen molar-refractivity contribution in [2.24, 2.45) is 5.92 Å². The lowest BCUT2D eigenvalue weighted by molar-refractivity contribution is 0.149. The summed E-state index contributed by atoms with van der Waals surface area (Å²) < 4.78 is 26.0. The minimum atomic E-state index is -0.892. The Hall–Kier alpha value is -1.69. The van der Waals surface area contributed by atoms with Crippen molar-refractivity contribution in [1.29, 1.82) is 0 Å². The van der Waals surface area contributed by atoms with E-state index in [1.54, 1.807) is 0 Å². The molecule has 3 N–H and O–H groups in total. The summed E-state index contributed by atoms with van der Waals surface area (Å²) in [7, 11) is 0. The van der Waals surface area contributed by atoms with E-state index < -0.39 is 17.7 Å². The maximum absolute atomic E-state index is 13.1. The van der Waals surface area contributed by atoms with Gasteiger partial charge in [0.25, 0.3) is 0 Å². The van der Waals surface area contributed by atoms with Gasteiger partial charge in [-0.15, -0.1) is 0 Å². The number of carbonyl (C=O) groups is 1. The topological polar surface area (TPSA) is 61.4 Å². The van der Waals surface area contributed by atoms with E-state index in [2.05, 4.69) is 10.6 Å². The molecule has 0 spiro atoms. The molecule has 1 aliphatic carbocycles. The molecule has 21 heavy (non-hydrogen) atoms. The molecule has 6 heteroatoms. The van der Waals surface area contributed by atoms with Crippen LogP contribution in [0.15, 0.2) is 18.2 Å². The minimum absolute atomic E-state index is 0.140. The van der Waals surface area contributed by atoms with E-state index in [4.69, 9.17) is 0 Å². The highest BCUT2D eigenvalue weighted by Gasteiger charge is 2.29. The summed E-state index contributed by atoms with van der Waals surface area (Å²) in [5.41, 5.74) is 0.618. The molecule has 2 atom stereocenters. The maximum atomic E-state index is 13.1. The number of amides is 2. The fourth-order valence-electron chi connectivity index (χ4n) is 2.09. The maximum Gasteiger partial charge on any atom is 0.314 e. The molecule has 2 amide bonds. The molecule has 0 saturated heterocycles. The standard InChI is InChI=1S/C15H20F2N2O2/c1-9(11-4-5-12(16)13(17)6-11)7-18-15(21)19-8-14(20)10-2-3-10/h4-6,9-10,14,20H,2-3,7-8H2,1H3,(H2,18,19,21)/t9-,14-/m0/s1. The van der Waals surface area contributed by atoms with Gasteiger partial charge in [0.05, 0.1) is 6.10 Å². The number of benzene rings is 1. The SMILES string of the molecule is C[C@@H](CNC(=O)NC[C@H](O)C1CC1)c1ccc(F)c(F)c1. The summed E-state index contributed by atoms with van der Waals surface area (Å²) in [6.45, 7) is 2.35. The van der Waals surface area contributed by atoms with Gasteiger partial charge in [-0.05, 0) is 42.4 Å². The zero-order valence-corrected chi connectivity index (χ0v) is 11.9. The summed E-state index contributed by atoms with van der Waals surface area (Å²) in [5, 5.41) is 14.9. The third kappa shape index (κ3) is 4.67. The van der Waals surface area contributed by atoms with Crippen LogP contribution in [0.3, 0.4) is 0 Å². The molecule has 0 bridgehead atoms. The van der Waals surface area contributed by atoms with Crippen molar-refractivity contribution < 1.29 is 18.7 Å². The van der Waals surface area contributed by atoms with Gasteiger partial charge in [-0.3, -0.25) is 0 Å². The van der Waals surface area contributed by atoms with Crippen LogP contribution in [0.2, 0.25) is 0 Å². The van der Waals surface area contributed by atoms with E-state index in [1.807, 2.05) is 6.92 Å². The first kappa shape index (κ1) is 15.7. The van der Waals surface area contributed by atoms with Crippen molar-refractivity contribution >= 4 is 6.03 Å². The van der Waals surface area contributed by atoms with Gasteiger partial charge >= 0.3 is 6.03 Å². The molecule has 2 rings (SSSR count). The Morgan fingerprint density at radius 1 is 1.29 bits per heavy atom. The number of hydrogen-bond acceptors (Lipinski definition) is 2. The van der Waals surface area contributed by atoms with Gasteiger partial charge < -0.3 is 15.7 Å². The summed E-state index contributed by atoms with van der Waals surface area (Å²) >= 11 is 0. The van der Waals surface area contributed by atoms with Crippen molar-refractivity contribution in [1.82, 2.24) is 10.6 Å². The van der Waals surface area contributed by atoms with Crippen molar-refractivity contribution in [3.8, 4) is 0 Å². The van der Waals surface area contributed by atoms with Crippen molar-refractivity contribution in [2.45, 2.75) is 31.8 Å². The largest absolute Gasteiger partial charge is 0.391 e. The number of aliphatic hydroxyl groups is 1. The predicted octanol–water partition coefficient (Wildman–Crippen LogP) is 2.14. The Morgan fingerprint density at radius 2 is 1.95 bits per heavy atom. The molecule has 1 aromatic carbocycles. The monoisotopic (exact) mass is 298 g/mol. The Kier molecular flexibility index (Phi) is 5.12. The number of nitrogens with one attached hydrogen (secondary N) is 2. The lowest BCUT2D eigenvalue weighted by Gasteiger charge is -2.15. The molecule has 1 aromatic rings. The van der Waals surface area contributed by atoms with Crippen LogP contribution >= 0.6 is 0 Å².